The van der Waals surface area contributed by atoms with E-state index in [1.807, 2.05) is 0 Å². The Kier molecular flexibility index (Phi) is 3.08. The topological polar surface area (TPSA) is 81.3 Å². The Morgan fingerprint density at radius 1 is 1.21 bits per heavy atom. The van der Waals surface area contributed by atoms with Gasteiger partial charge in [-0.25, -0.2) is 9.59 Å². The third kappa shape index (κ3) is 2.08. The lowest BCUT2D eigenvalue weighted by molar-refractivity contribution is -0.131. The van der Waals surface area contributed by atoms with Crippen LogP contribution in [-0.2, 0) is 11.8 Å². The molecule has 0 atom stereocenters. The molecule has 0 unspecified atom stereocenters. The van der Waals surface area contributed by atoms with Gasteiger partial charge in [0, 0.05) is 18.9 Å². The predicted molar refractivity (Wildman–Crippen MR) is 67.7 cm³/mol. The van der Waals surface area contributed by atoms with Gasteiger partial charge in [-0.2, -0.15) is 0 Å². The number of nitrogens with zero attached hydrogens (tertiary/aromatic N) is 2. The molecule has 19 heavy (non-hydrogen) atoms. The number of carboxylic acid groups (broad SMARTS) is 1. The third-order valence-electron chi connectivity index (χ3n) is 2.81. The van der Waals surface area contributed by atoms with Crippen LogP contribution in [0.2, 0.25) is 0 Å². The maximum Gasteiger partial charge on any atom is 0.377 e. The Balaban J connectivity index is 2.74. The first kappa shape index (κ1) is 12.8. The first-order valence-corrected chi connectivity index (χ1v) is 5.55. The van der Waals surface area contributed by atoms with E-state index < -0.39 is 11.8 Å². The van der Waals surface area contributed by atoms with Gasteiger partial charge in [-0.3, -0.25) is 9.36 Å². The highest BCUT2D eigenvalue weighted by Gasteiger charge is 2.20. The van der Waals surface area contributed by atoms with E-state index in [0.717, 1.165) is 0 Å². The minimum atomic E-state index is -1.55. The van der Waals surface area contributed by atoms with E-state index in [1.54, 1.807) is 38.4 Å². The molecule has 1 aromatic heterocycles. The lowest BCUT2D eigenvalue weighted by Gasteiger charge is -2.08. The maximum absolute atomic E-state index is 12.0. The fourth-order valence-electron chi connectivity index (χ4n) is 1.97. The van der Waals surface area contributed by atoms with Crippen LogP contribution in [0.3, 0.4) is 0 Å². The van der Waals surface area contributed by atoms with Crippen molar-refractivity contribution in [1.82, 2.24) is 9.13 Å². The summed E-state index contributed by atoms with van der Waals surface area (Å²) in [6.45, 7) is 1.71. The number of benzene rings is 1. The number of carboxylic acids is 1. The van der Waals surface area contributed by atoms with Gasteiger partial charge in [-0.05, 0) is 19.1 Å². The summed E-state index contributed by atoms with van der Waals surface area (Å²) in [5.41, 5.74) is 0.561. The van der Waals surface area contributed by atoms with Crippen molar-refractivity contribution in [2.24, 2.45) is 7.05 Å². The molecule has 6 nitrogen and oxygen atoms in total. The van der Waals surface area contributed by atoms with E-state index in [0.29, 0.717) is 5.69 Å². The number of aliphatic carboxylic acids is 1. The van der Waals surface area contributed by atoms with Gasteiger partial charge >= 0.3 is 11.7 Å². The molecule has 2 rings (SSSR count). The number of para-hydroxylation sites is 1. The number of Topliss-reactive ketones (excluding diaryl/α,β-unsaturated/α-hetero) is 1. The number of ketones is 1. The molecule has 1 N–H and O–H groups in total. The Morgan fingerprint density at radius 3 is 2.37 bits per heavy atom. The van der Waals surface area contributed by atoms with Gasteiger partial charge in [0.15, 0.2) is 0 Å². The number of aryl methyl sites for hydroxylation is 2. The summed E-state index contributed by atoms with van der Waals surface area (Å²) in [6.07, 6.45) is 1.62. The van der Waals surface area contributed by atoms with Crippen molar-refractivity contribution < 1.29 is 14.7 Å². The first-order chi connectivity index (χ1) is 8.93. The largest absolute Gasteiger partial charge is 0.475 e. The molecule has 0 spiro atoms. The molecule has 1 heterocycles. The Hall–Kier alpha value is -2.63. The van der Waals surface area contributed by atoms with Gasteiger partial charge in [0.1, 0.15) is 0 Å². The van der Waals surface area contributed by atoms with Gasteiger partial charge in [0.25, 0.3) is 5.78 Å². The smallest absolute Gasteiger partial charge is 0.377 e. The quantitative estimate of drug-likeness (QED) is 0.652. The molecule has 0 aliphatic rings. The fourth-order valence-corrected chi connectivity index (χ4v) is 1.97. The van der Waals surface area contributed by atoms with Crippen molar-refractivity contribution >= 4 is 11.8 Å². The fraction of sp³-hybridized carbons (Fsp3) is 0.154. The van der Waals surface area contributed by atoms with Crippen molar-refractivity contribution in [1.29, 1.82) is 0 Å². The Labute approximate surface area is 108 Å². The highest BCUT2D eigenvalue weighted by molar-refractivity contribution is 6.40. The van der Waals surface area contributed by atoms with Crippen LogP contribution in [0, 0.1) is 6.92 Å². The normalized spacial score (nSPS) is 10.4. The zero-order valence-electron chi connectivity index (χ0n) is 10.5. The predicted octanol–water partition coefficient (Wildman–Crippen LogP) is 0.752. The second-order valence-corrected chi connectivity index (χ2v) is 4.15. The van der Waals surface area contributed by atoms with E-state index in [-0.39, 0.29) is 16.9 Å². The van der Waals surface area contributed by atoms with Gasteiger partial charge < -0.3 is 9.67 Å². The number of aromatic nitrogens is 2. The lowest BCUT2D eigenvalue weighted by atomic mass is 10.1. The summed E-state index contributed by atoms with van der Waals surface area (Å²) < 4.78 is 2.69. The molecule has 0 amide bonds. The summed E-state index contributed by atoms with van der Waals surface area (Å²) in [4.78, 5) is 34.5. The van der Waals surface area contributed by atoms with Crippen molar-refractivity contribution in [2.45, 2.75) is 6.92 Å². The first-order valence-electron chi connectivity index (χ1n) is 5.55. The number of hydrogen-bond donors (Lipinski definition) is 1. The molecule has 6 heteroatoms. The zero-order chi connectivity index (χ0) is 14.2. The van der Waals surface area contributed by atoms with Gasteiger partial charge in [-0.15, -0.1) is 0 Å². The van der Waals surface area contributed by atoms with Crippen molar-refractivity contribution in [3.63, 3.8) is 0 Å². The molecule has 0 aliphatic heterocycles. The summed E-state index contributed by atoms with van der Waals surface area (Å²) in [7, 11) is 1.59. The highest BCUT2D eigenvalue weighted by Crippen LogP contribution is 2.15. The molecular weight excluding hydrogens is 248 g/mol. The number of hydrogen-bond acceptors (Lipinski definition) is 3. The SMILES string of the molecule is Cc1cn(C)c(=O)n1-c1ccccc1C(=O)C(=O)O. The summed E-state index contributed by atoms with van der Waals surface area (Å²) in [5, 5.41) is 8.81. The van der Waals surface area contributed by atoms with Crippen LogP contribution in [0.15, 0.2) is 35.3 Å². The molecule has 98 valence electrons. The van der Waals surface area contributed by atoms with E-state index >= 15 is 0 Å². The number of carbonyl (C=O) groups is 2. The minimum Gasteiger partial charge on any atom is -0.475 e. The van der Waals surface area contributed by atoms with Crippen LogP contribution in [0.4, 0.5) is 0 Å². The average molecular weight is 260 g/mol. The minimum absolute atomic E-state index is 0.00796. The van der Waals surface area contributed by atoms with Crippen LogP contribution in [0.5, 0.6) is 0 Å². The van der Waals surface area contributed by atoms with Crippen LogP contribution in [0.25, 0.3) is 5.69 Å². The van der Waals surface area contributed by atoms with Crippen molar-refractivity contribution in [2.75, 3.05) is 0 Å². The van der Waals surface area contributed by atoms with Crippen LogP contribution >= 0.6 is 0 Å². The van der Waals surface area contributed by atoms with E-state index in [4.69, 9.17) is 5.11 Å². The molecule has 0 saturated heterocycles. The molecule has 0 aliphatic carbocycles. The van der Waals surface area contributed by atoms with Gasteiger partial charge in [0.2, 0.25) is 0 Å². The average Bonchev–Trinajstić information content (AvgIpc) is 2.62. The summed E-state index contributed by atoms with van der Waals surface area (Å²) in [6, 6.07) is 6.14. The summed E-state index contributed by atoms with van der Waals surface area (Å²) >= 11 is 0. The molecule has 2 aromatic rings. The monoisotopic (exact) mass is 260 g/mol. The molecular formula is C13H12N2O4. The van der Waals surface area contributed by atoms with Gasteiger partial charge in [-0.1, -0.05) is 12.1 Å². The molecule has 0 bridgehead atoms. The standard InChI is InChI=1S/C13H12N2O4/c1-8-7-14(2)13(19)15(8)10-6-4-3-5-9(10)11(16)12(17)18/h3-7H,1-2H3,(H,17,18). The van der Waals surface area contributed by atoms with Gasteiger partial charge in [0.05, 0.1) is 11.3 Å². The molecule has 1 aromatic carbocycles. The molecule has 0 fully saturated rings. The maximum atomic E-state index is 12.0. The number of carbonyl (C=O) groups excluding carboxylic acids is 1. The van der Waals surface area contributed by atoms with Crippen molar-refractivity contribution in [3.05, 3.63) is 52.2 Å². The second-order valence-electron chi connectivity index (χ2n) is 4.15. The van der Waals surface area contributed by atoms with E-state index in [9.17, 15) is 14.4 Å². The Bertz CT molecular complexity index is 724. The van der Waals surface area contributed by atoms with Crippen LogP contribution < -0.4 is 5.69 Å². The lowest BCUT2D eigenvalue weighted by Crippen LogP contribution is -2.24. The highest BCUT2D eigenvalue weighted by atomic mass is 16.4. The summed E-state index contributed by atoms with van der Waals surface area (Å²) in [5.74, 6) is -2.58. The van der Waals surface area contributed by atoms with E-state index in [2.05, 4.69) is 0 Å². The Morgan fingerprint density at radius 2 is 1.84 bits per heavy atom. The third-order valence-corrected chi connectivity index (χ3v) is 2.81. The van der Waals surface area contributed by atoms with E-state index in [1.165, 1.54) is 15.2 Å². The van der Waals surface area contributed by atoms with Crippen LogP contribution in [0.1, 0.15) is 16.1 Å². The molecule has 0 saturated carbocycles. The second kappa shape index (κ2) is 4.56. The zero-order valence-corrected chi connectivity index (χ0v) is 10.5. The number of imidazole rings is 1. The number of rotatable bonds is 3. The van der Waals surface area contributed by atoms with Crippen molar-refractivity contribution in [3.8, 4) is 5.69 Å². The molecule has 0 radical (unpaired) electrons. The van der Waals surface area contributed by atoms with Crippen LogP contribution in [-0.4, -0.2) is 26.0 Å².